The van der Waals surface area contributed by atoms with Crippen molar-refractivity contribution in [1.29, 1.82) is 0 Å². The predicted octanol–water partition coefficient (Wildman–Crippen LogP) is 4.18. The maximum Gasteiger partial charge on any atom is 0.141 e. The van der Waals surface area contributed by atoms with Gasteiger partial charge in [-0.15, -0.1) is 0 Å². The minimum atomic E-state index is -0.331. The molecule has 0 spiro atoms. The molecule has 0 heterocycles. The van der Waals surface area contributed by atoms with Crippen LogP contribution in [0.1, 0.15) is 5.56 Å². The zero-order valence-corrected chi connectivity index (χ0v) is 11.9. The Morgan fingerprint density at radius 3 is 2.53 bits per heavy atom. The van der Waals surface area contributed by atoms with Crippen LogP contribution in [0.15, 0.2) is 53.0 Å². The van der Waals surface area contributed by atoms with E-state index in [2.05, 4.69) is 15.9 Å². The van der Waals surface area contributed by atoms with E-state index in [1.54, 1.807) is 12.1 Å². The first-order chi connectivity index (χ1) is 9.25. The fourth-order valence-electron chi connectivity index (χ4n) is 1.55. The highest BCUT2D eigenvalue weighted by Gasteiger charge is 2.01. The molecule has 0 aromatic heterocycles. The number of rotatable bonds is 6. The molecule has 2 rings (SSSR count). The van der Waals surface area contributed by atoms with Crippen LogP contribution in [0.3, 0.4) is 0 Å². The Kier molecular flexibility index (Phi) is 5.36. The van der Waals surface area contributed by atoms with E-state index in [1.807, 2.05) is 30.3 Å². The fraction of sp³-hybridized carbons (Fsp3) is 0.200. The van der Waals surface area contributed by atoms with E-state index in [-0.39, 0.29) is 5.82 Å². The number of hydrogen-bond acceptors (Lipinski definition) is 2. The van der Waals surface area contributed by atoms with Gasteiger partial charge in [0.1, 0.15) is 18.2 Å². The molecule has 0 bridgehead atoms. The fourth-order valence-corrected chi connectivity index (χ4v) is 1.80. The van der Waals surface area contributed by atoms with Crippen LogP contribution in [0.5, 0.6) is 5.75 Å². The van der Waals surface area contributed by atoms with Gasteiger partial charge in [0.05, 0.1) is 17.7 Å². The van der Waals surface area contributed by atoms with Gasteiger partial charge in [0.2, 0.25) is 0 Å². The summed E-state index contributed by atoms with van der Waals surface area (Å²) in [5.74, 6) is 0.173. The van der Waals surface area contributed by atoms with Crippen LogP contribution in [-0.4, -0.2) is 13.2 Å². The van der Waals surface area contributed by atoms with Crippen molar-refractivity contribution in [2.75, 3.05) is 13.2 Å². The Balaban J connectivity index is 1.68. The Labute approximate surface area is 120 Å². The first-order valence-electron chi connectivity index (χ1n) is 5.95. The summed E-state index contributed by atoms with van der Waals surface area (Å²) in [5, 5.41) is 0. The van der Waals surface area contributed by atoms with Gasteiger partial charge in [-0.2, -0.15) is 0 Å². The van der Waals surface area contributed by atoms with Crippen molar-refractivity contribution in [1.82, 2.24) is 0 Å². The molecule has 19 heavy (non-hydrogen) atoms. The van der Waals surface area contributed by atoms with E-state index in [9.17, 15) is 4.39 Å². The van der Waals surface area contributed by atoms with E-state index in [0.717, 1.165) is 5.56 Å². The van der Waals surface area contributed by atoms with Crippen LogP contribution < -0.4 is 4.74 Å². The Hall–Kier alpha value is -1.39. The maximum absolute atomic E-state index is 13.2. The SMILES string of the molecule is Fc1cc(OCCOCc2ccccc2)ccc1Br. The highest BCUT2D eigenvalue weighted by molar-refractivity contribution is 9.10. The van der Waals surface area contributed by atoms with Crippen molar-refractivity contribution in [2.45, 2.75) is 6.61 Å². The highest BCUT2D eigenvalue weighted by Crippen LogP contribution is 2.20. The standard InChI is InChI=1S/C15H14BrFO2/c16-14-7-6-13(10-15(14)17)19-9-8-18-11-12-4-2-1-3-5-12/h1-7,10H,8-9,11H2. The molecule has 0 aliphatic heterocycles. The number of ether oxygens (including phenoxy) is 2. The zero-order valence-electron chi connectivity index (χ0n) is 10.3. The monoisotopic (exact) mass is 324 g/mol. The molecule has 0 saturated carbocycles. The summed E-state index contributed by atoms with van der Waals surface area (Å²) in [4.78, 5) is 0. The van der Waals surface area contributed by atoms with Crippen LogP contribution >= 0.6 is 15.9 Å². The largest absolute Gasteiger partial charge is 0.491 e. The predicted molar refractivity (Wildman–Crippen MR) is 75.7 cm³/mol. The molecule has 0 aliphatic rings. The average molecular weight is 325 g/mol. The second-order valence-electron chi connectivity index (χ2n) is 3.96. The number of benzene rings is 2. The molecule has 2 nitrogen and oxygen atoms in total. The minimum absolute atomic E-state index is 0.331. The Bertz CT molecular complexity index is 517. The van der Waals surface area contributed by atoms with Gasteiger partial charge in [-0.25, -0.2) is 4.39 Å². The minimum Gasteiger partial charge on any atom is -0.491 e. The van der Waals surface area contributed by atoms with Crippen LogP contribution in [0.2, 0.25) is 0 Å². The van der Waals surface area contributed by atoms with E-state index < -0.39 is 0 Å². The van der Waals surface area contributed by atoms with Gasteiger partial charge in [0.25, 0.3) is 0 Å². The normalized spacial score (nSPS) is 10.4. The average Bonchev–Trinajstić information content (AvgIpc) is 2.43. The van der Waals surface area contributed by atoms with E-state index in [1.165, 1.54) is 6.07 Å². The first-order valence-corrected chi connectivity index (χ1v) is 6.74. The second-order valence-corrected chi connectivity index (χ2v) is 4.82. The maximum atomic E-state index is 13.2. The van der Waals surface area contributed by atoms with Gasteiger partial charge in [-0.1, -0.05) is 30.3 Å². The summed E-state index contributed by atoms with van der Waals surface area (Å²) in [6.07, 6.45) is 0. The third-order valence-electron chi connectivity index (χ3n) is 2.50. The molecule has 2 aromatic carbocycles. The molecule has 0 saturated heterocycles. The molecule has 0 N–H and O–H groups in total. The zero-order chi connectivity index (χ0) is 13.5. The molecular weight excluding hydrogens is 311 g/mol. The molecule has 0 radical (unpaired) electrons. The lowest BCUT2D eigenvalue weighted by Crippen LogP contribution is -2.06. The summed E-state index contributed by atoms with van der Waals surface area (Å²) in [6, 6.07) is 14.6. The lowest BCUT2D eigenvalue weighted by Gasteiger charge is -2.07. The number of hydrogen-bond donors (Lipinski definition) is 0. The van der Waals surface area contributed by atoms with Gasteiger partial charge in [0, 0.05) is 6.07 Å². The summed E-state index contributed by atoms with van der Waals surface area (Å²) >= 11 is 3.09. The van der Waals surface area contributed by atoms with Gasteiger partial charge in [0.15, 0.2) is 0 Å². The van der Waals surface area contributed by atoms with Crippen LogP contribution in [0, 0.1) is 5.82 Å². The molecule has 0 fully saturated rings. The third-order valence-corrected chi connectivity index (χ3v) is 3.14. The lowest BCUT2D eigenvalue weighted by atomic mass is 10.2. The molecule has 4 heteroatoms. The lowest BCUT2D eigenvalue weighted by molar-refractivity contribution is 0.0888. The summed E-state index contributed by atoms with van der Waals surface area (Å²) in [6.45, 7) is 1.42. The number of halogens is 2. The molecule has 0 atom stereocenters. The molecule has 0 amide bonds. The van der Waals surface area contributed by atoms with Crippen molar-refractivity contribution >= 4 is 15.9 Å². The third kappa shape index (κ3) is 4.65. The van der Waals surface area contributed by atoms with E-state index in [0.29, 0.717) is 30.0 Å². The van der Waals surface area contributed by atoms with Gasteiger partial charge < -0.3 is 9.47 Å². The molecule has 0 unspecified atom stereocenters. The van der Waals surface area contributed by atoms with Crippen LogP contribution in [0.25, 0.3) is 0 Å². The van der Waals surface area contributed by atoms with E-state index >= 15 is 0 Å². The molecular formula is C15H14BrFO2. The summed E-state index contributed by atoms with van der Waals surface area (Å²) < 4.78 is 24.5. The van der Waals surface area contributed by atoms with Crippen LogP contribution in [0.4, 0.5) is 4.39 Å². The van der Waals surface area contributed by atoms with Gasteiger partial charge in [-0.05, 0) is 33.6 Å². The molecule has 100 valence electrons. The summed E-state index contributed by atoms with van der Waals surface area (Å²) in [7, 11) is 0. The van der Waals surface area contributed by atoms with Crippen molar-refractivity contribution < 1.29 is 13.9 Å². The van der Waals surface area contributed by atoms with Gasteiger partial charge >= 0.3 is 0 Å². The Morgan fingerprint density at radius 2 is 1.79 bits per heavy atom. The quantitative estimate of drug-likeness (QED) is 0.742. The first kappa shape index (κ1) is 14.0. The smallest absolute Gasteiger partial charge is 0.141 e. The Morgan fingerprint density at radius 1 is 1.00 bits per heavy atom. The van der Waals surface area contributed by atoms with E-state index in [4.69, 9.17) is 9.47 Å². The topological polar surface area (TPSA) is 18.5 Å². The van der Waals surface area contributed by atoms with Crippen molar-refractivity contribution in [3.8, 4) is 5.75 Å². The van der Waals surface area contributed by atoms with Crippen molar-refractivity contribution in [2.24, 2.45) is 0 Å². The highest BCUT2D eigenvalue weighted by atomic mass is 79.9. The second kappa shape index (κ2) is 7.26. The summed E-state index contributed by atoms with van der Waals surface area (Å²) in [5.41, 5.74) is 1.12. The molecule has 0 aliphatic carbocycles. The van der Waals surface area contributed by atoms with Crippen molar-refractivity contribution in [3.63, 3.8) is 0 Å². The van der Waals surface area contributed by atoms with Crippen LogP contribution in [-0.2, 0) is 11.3 Å². The van der Waals surface area contributed by atoms with Crippen molar-refractivity contribution in [3.05, 3.63) is 64.4 Å². The molecule has 2 aromatic rings. The van der Waals surface area contributed by atoms with Gasteiger partial charge in [-0.3, -0.25) is 0 Å².